The first-order valence-corrected chi connectivity index (χ1v) is 8.45. The van der Waals surface area contributed by atoms with Crippen molar-refractivity contribution in [3.05, 3.63) is 56.4 Å². The van der Waals surface area contributed by atoms with Crippen molar-refractivity contribution in [2.45, 2.75) is 17.2 Å². The second-order valence-corrected chi connectivity index (χ2v) is 7.04. The molecule has 0 saturated heterocycles. The molecule has 7 nitrogen and oxygen atoms in total. The van der Waals surface area contributed by atoms with Crippen molar-refractivity contribution in [3.8, 4) is 5.75 Å². The molecule has 0 radical (unpaired) electrons. The molecular weight excluding hydrogens is 422 g/mol. The Morgan fingerprint density at radius 2 is 1.36 bits per heavy atom. The predicted octanol–water partition coefficient (Wildman–Crippen LogP) is 1.89. The monoisotopic (exact) mass is 432 g/mol. The number of alkyl halides is 6. The molecule has 154 valence electrons. The number of halogens is 6. The summed E-state index contributed by atoms with van der Waals surface area (Å²) in [6.45, 7) is 0. The highest BCUT2D eigenvalue weighted by molar-refractivity contribution is 7.87. The van der Waals surface area contributed by atoms with Gasteiger partial charge in [-0.15, -0.1) is 0 Å². The van der Waals surface area contributed by atoms with E-state index in [0.29, 0.717) is 15.3 Å². The van der Waals surface area contributed by atoms with Crippen LogP contribution in [0.3, 0.4) is 0 Å². The van der Waals surface area contributed by atoms with Crippen LogP contribution in [0, 0.1) is 0 Å². The lowest BCUT2D eigenvalue weighted by atomic mass is 10.1. The summed E-state index contributed by atoms with van der Waals surface area (Å²) in [6.07, 6.45) is -9.91. The highest BCUT2D eigenvalue weighted by Crippen LogP contribution is 2.38. The van der Waals surface area contributed by atoms with Crippen LogP contribution in [0.1, 0.15) is 11.1 Å². The quantitative estimate of drug-likeness (QED) is 0.546. The van der Waals surface area contributed by atoms with Gasteiger partial charge < -0.3 is 8.75 Å². The van der Waals surface area contributed by atoms with Gasteiger partial charge in [0.15, 0.2) is 4.90 Å². The maximum atomic E-state index is 12.8. The molecule has 28 heavy (non-hydrogen) atoms. The number of rotatable bonds is 3. The maximum absolute atomic E-state index is 12.8. The Balaban J connectivity index is 2.65. The van der Waals surface area contributed by atoms with Crippen molar-refractivity contribution in [1.29, 1.82) is 0 Å². The van der Waals surface area contributed by atoms with Crippen LogP contribution in [0.25, 0.3) is 0 Å². The van der Waals surface area contributed by atoms with Crippen molar-refractivity contribution >= 4 is 10.1 Å². The standard InChI is InChI=1S/C14H10F6N2O5S/c1-21-6-10(11(23)22(2)12(21)24)28(25,26)27-9-4-7(13(15,16)17)3-8(5-9)14(18,19)20/h3-6H,1-2H3. The summed E-state index contributed by atoms with van der Waals surface area (Å²) in [5.74, 6) is -1.31. The fourth-order valence-electron chi connectivity index (χ4n) is 2.09. The van der Waals surface area contributed by atoms with Crippen LogP contribution in [0.5, 0.6) is 5.75 Å². The summed E-state index contributed by atoms with van der Waals surface area (Å²) in [5.41, 5.74) is -5.89. The minimum atomic E-state index is -5.23. The van der Waals surface area contributed by atoms with Crippen molar-refractivity contribution in [3.63, 3.8) is 0 Å². The molecule has 1 aromatic heterocycles. The first kappa shape index (κ1) is 21.5. The molecule has 0 spiro atoms. The lowest BCUT2D eigenvalue weighted by Gasteiger charge is -2.15. The molecule has 2 rings (SSSR count). The smallest absolute Gasteiger partial charge is 0.379 e. The minimum absolute atomic E-state index is 0.0409. The molecule has 2 aromatic rings. The largest absolute Gasteiger partial charge is 0.416 e. The van der Waals surface area contributed by atoms with Crippen LogP contribution < -0.4 is 15.4 Å². The molecule has 0 fully saturated rings. The van der Waals surface area contributed by atoms with E-state index in [2.05, 4.69) is 4.18 Å². The molecule has 0 amide bonds. The van der Waals surface area contributed by atoms with E-state index in [-0.39, 0.29) is 18.2 Å². The number of hydrogen-bond acceptors (Lipinski definition) is 5. The molecule has 1 heterocycles. The second kappa shape index (κ2) is 6.68. The van der Waals surface area contributed by atoms with Crippen molar-refractivity contribution in [2.24, 2.45) is 14.1 Å². The van der Waals surface area contributed by atoms with E-state index in [1.807, 2.05) is 0 Å². The first-order chi connectivity index (χ1) is 12.5. The van der Waals surface area contributed by atoms with Crippen LogP contribution in [-0.4, -0.2) is 17.6 Å². The maximum Gasteiger partial charge on any atom is 0.416 e. The van der Waals surface area contributed by atoms with Gasteiger partial charge in [-0.3, -0.25) is 9.36 Å². The molecule has 0 aliphatic rings. The molecule has 0 aliphatic heterocycles. The van der Waals surface area contributed by atoms with Gasteiger partial charge in [-0.2, -0.15) is 34.8 Å². The molecule has 1 aromatic carbocycles. The van der Waals surface area contributed by atoms with E-state index in [1.165, 1.54) is 0 Å². The Bertz CT molecular complexity index is 1110. The summed E-state index contributed by atoms with van der Waals surface area (Å²) in [4.78, 5) is 22.4. The zero-order chi connectivity index (χ0) is 21.7. The van der Waals surface area contributed by atoms with Gasteiger partial charge in [0.1, 0.15) is 5.75 Å². The minimum Gasteiger partial charge on any atom is -0.379 e. The van der Waals surface area contributed by atoms with Crippen LogP contribution in [0.15, 0.2) is 38.9 Å². The van der Waals surface area contributed by atoms with Gasteiger partial charge in [-0.05, 0) is 18.2 Å². The Morgan fingerprint density at radius 1 is 0.893 bits per heavy atom. The Hall–Kier alpha value is -2.77. The third-order valence-corrected chi connectivity index (χ3v) is 4.68. The number of aryl methyl sites for hydroxylation is 1. The molecule has 0 unspecified atom stereocenters. The summed E-state index contributed by atoms with van der Waals surface area (Å²) in [7, 11) is -3.16. The number of benzene rings is 1. The van der Waals surface area contributed by atoms with Gasteiger partial charge in [0.05, 0.1) is 11.1 Å². The molecule has 0 atom stereocenters. The number of nitrogens with zero attached hydrogens (tertiary/aromatic N) is 2. The summed E-state index contributed by atoms with van der Waals surface area (Å²) >= 11 is 0. The topological polar surface area (TPSA) is 87.4 Å². The molecule has 0 aliphatic carbocycles. The zero-order valence-corrected chi connectivity index (χ0v) is 14.7. The predicted molar refractivity (Wildman–Crippen MR) is 81.2 cm³/mol. The SMILES string of the molecule is Cn1cc(S(=O)(=O)Oc2cc(C(F)(F)F)cc(C(F)(F)F)c2)c(=O)n(C)c1=O. The van der Waals surface area contributed by atoms with E-state index in [9.17, 15) is 44.3 Å². The molecule has 14 heteroatoms. The lowest BCUT2D eigenvalue weighted by molar-refractivity contribution is -0.143. The highest BCUT2D eigenvalue weighted by Gasteiger charge is 2.38. The Kier molecular flexibility index (Phi) is 5.14. The molecule has 0 bridgehead atoms. The van der Waals surface area contributed by atoms with Crippen molar-refractivity contribution in [1.82, 2.24) is 9.13 Å². The first-order valence-electron chi connectivity index (χ1n) is 7.04. The summed E-state index contributed by atoms with van der Waals surface area (Å²) in [6, 6.07) is -0.136. The third-order valence-electron chi connectivity index (χ3n) is 3.45. The van der Waals surface area contributed by atoms with Crippen molar-refractivity contribution < 1.29 is 38.9 Å². The normalized spacial score (nSPS) is 12.9. The Labute approximate surface area is 152 Å². The van der Waals surface area contributed by atoms with E-state index < -0.39 is 55.5 Å². The van der Waals surface area contributed by atoms with Gasteiger partial charge >= 0.3 is 28.2 Å². The van der Waals surface area contributed by atoms with Crippen LogP contribution >= 0.6 is 0 Å². The van der Waals surface area contributed by atoms with Crippen molar-refractivity contribution in [2.75, 3.05) is 0 Å². The van der Waals surface area contributed by atoms with E-state index in [1.54, 1.807) is 0 Å². The molecule has 0 saturated carbocycles. The molecule has 0 N–H and O–H groups in total. The van der Waals surface area contributed by atoms with Gasteiger partial charge in [0, 0.05) is 20.3 Å². The summed E-state index contributed by atoms with van der Waals surface area (Å²) in [5, 5.41) is 0. The van der Waals surface area contributed by atoms with Crippen LogP contribution in [0.2, 0.25) is 0 Å². The zero-order valence-electron chi connectivity index (χ0n) is 13.9. The van der Waals surface area contributed by atoms with E-state index in [4.69, 9.17) is 0 Å². The summed E-state index contributed by atoms with van der Waals surface area (Å²) < 4.78 is 107. The lowest BCUT2D eigenvalue weighted by Crippen LogP contribution is -2.39. The average Bonchev–Trinajstić information content (AvgIpc) is 2.53. The van der Waals surface area contributed by atoms with Gasteiger partial charge in [-0.1, -0.05) is 0 Å². The van der Waals surface area contributed by atoms with Gasteiger partial charge in [0.2, 0.25) is 0 Å². The Morgan fingerprint density at radius 3 is 1.79 bits per heavy atom. The third kappa shape index (κ3) is 4.21. The second-order valence-electron chi connectivity index (χ2n) is 5.53. The average molecular weight is 432 g/mol. The fraction of sp³-hybridized carbons (Fsp3) is 0.286. The fourth-order valence-corrected chi connectivity index (χ4v) is 3.17. The molecular formula is C14H10F6N2O5S. The number of hydrogen-bond donors (Lipinski definition) is 0. The van der Waals surface area contributed by atoms with E-state index >= 15 is 0 Å². The van der Waals surface area contributed by atoms with Crippen LogP contribution in [0.4, 0.5) is 26.3 Å². The number of aromatic nitrogens is 2. The van der Waals surface area contributed by atoms with Gasteiger partial charge in [-0.25, -0.2) is 4.79 Å². The van der Waals surface area contributed by atoms with Gasteiger partial charge in [0.25, 0.3) is 5.56 Å². The van der Waals surface area contributed by atoms with Crippen LogP contribution in [-0.2, 0) is 36.6 Å². The van der Waals surface area contributed by atoms with E-state index in [0.717, 1.165) is 14.1 Å². The highest BCUT2D eigenvalue weighted by atomic mass is 32.2.